The van der Waals surface area contributed by atoms with Crippen molar-refractivity contribution in [1.82, 2.24) is 9.55 Å². The molecule has 1 aromatic rings. The first kappa shape index (κ1) is 11.6. The van der Waals surface area contributed by atoms with Gasteiger partial charge < -0.3 is 14.0 Å². The van der Waals surface area contributed by atoms with Crippen LogP contribution in [0.1, 0.15) is 19.2 Å². The van der Waals surface area contributed by atoms with Gasteiger partial charge in [0, 0.05) is 19.2 Å². The van der Waals surface area contributed by atoms with Gasteiger partial charge in [-0.3, -0.25) is 0 Å². The fourth-order valence-electron chi connectivity index (χ4n) is 1.66. The third-order valence-electron chi connectivity index (χ3n) is 2.43. The van der Waals surface area contributed by atoms with Crippen LogP contribution in [-0.2, 0) is 27.4 Å². The molecule has 88 valence electrons. The number of carbonyl (C=O) groups is 1. The van der Waals surface area contributed by atoms with E-state index >= 15 is 0 Å². The number of imidazole rings is 1. The van der Waals surface area contributed by atoms with E-state index in [1.807, 2.05) is 10.8 Å². The molecule has 0 bridgehead atoms. The van der Waals surface area contributed by atoms with Crippen LogP contribution in [0.3, 0.4) is 0 Å². The minimum Gasteiger partial charge on any atom is -0.464 e. The van der Waals surface area contributed by atoms with Crippen LogP contribution in [0, 0.1) is 0 Å². The number of carbonyl (C=O) groups excluding carboxylic acids is 1. The predicted molar refractivity (Wildman–Crippen MR) is 59.8 cm³/mol. The van der Waals surface area contributed by atoms with Gasteiger partial charge >= 0.3 is 5.97 Å². The van der Waals surface area contributed by atoms with Crippen molar-refractivity contribution in [2.24, 2.45) is 0 Å². The molecule has 1 unspecified atom stereocenters. The number of ether oxygens (including phenoxy) is 2. The molecule has 0 saturated heterocycles. The average molecular weight is 289 g/mol. The number of aromatic nitrogens is 2. The summed E-state index contributed by atoms with van der Waals surface area (Å²) in [5, 5.41) is 0. The number of esters is 1. The number of fused-ring (bicyclic) bond motifs is 1. The van der Waals surface area contributed by atoms with Crippen molar-refractivity contribution in [3.05, 3.63) is 16.6 Å². The number of hydrogen-bond acceptors (Lipinski definition) is 4. The lowest BCUT2D eigenvalue weighted by atomic mass is 10.2. The summed E-state index contributed by atoms with van der Waals surface area (Å²) in [4.78, 5) is 15.8. The van der Waals surface area contributed by atoms with Crippen LogP contribution >= 0.6 is 15.9 Å². The Labute approximate surface area is 102 Å². The lowest BCUT2D eigenvalue weighted by molar-refractivity contribution is -0.157. The SMILES string of the molecule is CCOC(=O)C1CCn2cc(Br)nc2CO1. The smallest absolute Gasteiger partial charge is 0.335 e. The lowest BCUT2D eigenvalue weighted by Gasteiger charge is -2.12. The van der Waals surface area contributed by atoms with Crippen molar-refractivity contribution >= 4 is 21.9 Å². The predicted octanol–water partition coefficient (Wildman–Crippen LogP) is 1.50. The van der Waals surface area contributed by atoms with Crippen molar-refractivity contribution in [3.8, 4) is 0 Å². The Morgan fingerprint density at radius 3 is 3.38 bits per heavy atom. The highest BCUT2D eigenvalue weighted by Gasteiger charge is 2.24. The lowest BCUT2D eigenvalue weighted by Crippen LogP contribution is -2.26. The highest BCUT2D eigenvalue weighted by Crippen LogP contribution is 2.17. The normalized spacial score (nSPS) is 20.0. The van der Waals surface area contributed by atoms with Crippen molar-refractivity contribution in [2.75, 3.05) is 6.61 Å². The fraction of sp³-hybridized carbons (Fsp3) is 0.600. The molecule has 0 saturated carbocycles. The number of aryl methyl sites for hydroxylation is 1. The summed E-state index contributed by atoms with van der Waals surface area (Å²) in [6.45, 7) is 3.23. The quantitative estimate of drug-likeness (QED) is 0.774. The van der Waals surface area contributed by atoms with E-state index in [2.05, 4.69) is 20.9 Å². The monoisotopic (exact) mass is 288 g/mol. The molecular formula is C10H13BrN2O3. The van der Waals surface area contributed by atoms with E-state index in [0.717, 1.165) is 17.0 Å². The zero-order valence-electron chi connectivity index (χ0n) is 8.98. The van der Waals surface area contributed by atoms with Crippen LogP contribution in [0.4, 0.5) is 0 Å². The summed E-state index contributed by atoms with van der Waals surface area (Å²) >= 11 is 3.31. The number of hydrogen-bond donors (Lipinski definition) is 0. The topological polar surface area (TPSA) is 53.4 Å². The molecule has 0 spiro atoms. The highest BCUT2D eigenvalue weighted by molar-refractivity contribution is 9.10. The maximum Gasteiger partial charge on any atom is 0.335 e. The van der Waals surface area contributed by atoms with Gasteiger partial charge in [0.05, 0.1) is 6.61 Å². The van der Waals surface area contributed by atoms with Crippen LogP contribution in [0.5, 0.6) is 0 Å². The Kier molecular flexibility index (Phi) is 3.60. The van der Waals surface area contributed by atoms with Gasteiger partial charge in [-0.25, -0.2) is 9.78 Å². The molecule has 1 atom stereocenters. The average Bonchev–Trinajstić information content (AvgIpc) is 2.48. The molecule has 1 aliphatic rings. The van der Waals surface area contributed by atoms with Crippen molar-refractivity contribution in [2.45, 2.75) is 32.6 Å². The van der Waals surface area contributed by atoms with E-state index in [9.17, 15) is 4.79 Å². The van der Waals surface area contributed by atoms with E-state index in [1.54, 1.807) is 6.92 Å². The molecule has 16 heavy (non-hydrogen) atoms. The Morgan fingerprint density at radius 2 is 2.62 bits per heavy atom. The summed E-state index contributed by atoms with van der Waals surface area (Å²) in [6, 6.07) is 0. The molecule has 5 nitrogen and oxygen atoms in total. The third-order valence-corrected chi connectivity index (χ3v) is 2.81. The molecule has 0 N–H and O–H groups in total. The summed E-state index contributed by atoms with van der Waals surface area (Å²) in [7, 11) is 0. The maximum atomic E-state index is 11.5. The Hall–Kier alpha value is -0.880. The van der Waals surface area contributed by atoms with Crippen LogP contribution in [0.15, 0.2) is 10.8 Å². The molecule has 2 rings (SSSR count). The van der Waals surface area contributed by atoms with E-state index < -0.39 is 6.10 Å². The second-order valence-corrected chi connectivity index (χ2v) is 4.33. The van der Waals surface area contributed by atoms with Crippen LogP contribution in [-0.4, -0.2) is 28.2 Å². The summed E-state index contributed by atoms with van der Waals surface area (Å²) in [5.41, 5.74) is 0. The Bertz CT molecular complexity index is 366. The van der Waals surface area contributed by atoms with Crippen molar-refractivity contribution in [3.63, 3.8) is 0 Å². The summed E-state index contributed by atoms with van der Waals surface area (Å²) in [5.74, 6) is 0.547. The fourth-order valence-corrected chi connectivity index (χ4v) is 2.12. The van der Waals surface area contributed by atoms with E-state index in [4.69, 9.17) is 9.47 Å². The van der Waals surface area contributed by atoms with Gasteiger partial charge in [0.1, 0.15) is 17.0 Å². The first-order valence-corrected chi connectivity index (χ1v) is 5.99. The Morgan fingerprint density at radius 1 is 1.81 bits per heavy atom. The molecule has 1 aromatic heterocycles. The summed E-state index contributed by atoms with van der Waals surface area (Å²) < 4.78 is 13.2. The van der Waals surface area contributed by atoms with E-state index in [1.165, 1.54) is 0 Å². The Balaban J connectivity index is 2.02. The second-order valence-electron chi connectivity index (χ2n) is 3.51. The molecule has 0 radical (unpaired) electrons. The van der Waals surface area contributed by atoms with Gasteiger partial charge in [0.25, 0.3) is 0 Å². The van der Waals surface area contributed by atoms with E-state index in [0.29, 0.717) is 19.6 Å². The maximum absolute atomic E-state index is 11.5. The molecule has 2 heterocycles. The van der Waals surface area contributed by atoms with Crippen molar-refractivity contribution < 1.29 is 14.3 Å². The first-order chi connectivity index (χ1) is 7.70. The minimum absolute atomic E-state index is 0.285. The zero-order chi connectivity index (χ0) is 11.5. The minimum atomic E-state index is -0.472. The molecule has 6 heteroatoms. The molecule has 0 aromatic carbocycles. The third kappa shape index (κ3) is 2.44. The number of nitrogens with zero attached hydrogens (tertiary/aromatic N) is 2. The van der Waals surface area contributed by atoms with Gasteiger partial charge in [-0.2, -0.15) is 0 Å². The van der Waals surface area contributed by atoms with Crippen LogP contribution in [0.25, 0.3) is 0 Å². The van der Waals surface area contributed by atoms with Gasteiger partial charge in [-0.05, 0) is 22.9 Å². The van der Waals surface area contributed by atoms with Gasteiger partial charge in [-0.1, -0.05) is 0 Å². The van der Waals surface area contributed by atoms with Gasteiger partial charge in [0.15, 0.2) is 6.10 Å². The van der Waals surface area contributed by atoms with Crippen molar-refractivity contribution in [1.29, 1.82) is 0 Å². The largest absolute Gasteiger partial charge is 0.464 e. The molecule has 0 aliphatic carbocycles. The van der Waals surface area contributed by atoms with Gasteiger partial charge in [0.2, 0.25) is 0 Å². The standard InChI is InChI=1S/C10H13BrN2O3/c1-2-15-10(14)7-3-4-13-5-8(11)12-9(13)6-16-7/h5,7H,2-4,6H2,1H3. The molecule has 0 amide bonds. The number of halogens is 1. The van der Waals surface area contributed by atoms with E-state index in [-0.39, 0.29) is 5.97 Å². The van der Waals surface area contributed by atoms with Crippen LogP contribution < -0.4 is 0 Å². The molecular weight excluding hydrogens is 276 g/mol. The first-order valence-electron chi connectivity index (χ1n) is 5.20. The number of rotatable bonds is 2. The second kappa shape index (κ2) is 4.97. The molecule has 0 fully saturated rings. The molecule has 1 aliphatic heterocycles. The van der Waals surface area contributed by atoms with Gasteiger partial charge in [-0.15, -0.1) is 0 Å². The summed E-state index contributed by atoms with van der Waals surface area (Å²) in [6.07, 6.45) is 2.04. The zero-order valence-corrected chi connectivity index (χ0v) is 10.6. The highest BCUT2D eigenvalue weighted by atomic mass is 79.9. The van der Waals surface area contributed by atoms with Crippen LogP contribution in [0.2, 0.25) is 0 Å².